The number of hydrogen-bond donors (Lipinski definition) is 0. The van der Waals surface area contributed by atoms with Crippen molar-refractivity contribution in [1.82, 2.24) is 18.3 Å². The summed E-state index contributed by atoms with van der Waals surface area (Å²) >= 11 is 3.57. The summed E-state index contributed by atoms with van der Waals surface area (Å²) in [5, 5.41) is 25.6. The van der Waals surface area contributed by atoms with Crippen molar-refractivity contribution in [1.29, 1.82) is 5.26 Å². The zero-order valence-corrected chi connectivity index (χ0v) is 48.5. The van der Waals surface area contributed by atoms with Crippen LogP contribution in [-0.2, 0) is 0 Å². The van der Waals surface area contributed by atoms with Gasteiger partial charge in [0.1, 0.15) is 6.07 Å². The van der Waals surface area contributed by atoms with Gasteiger partial charge >= 0.3 is 0 Å². The van der Waals surface area contributed by atoms with E-state index in [9.17, 15) is 5.26 Å². The molecule has 0 aliphatic carbocycles. The molecular formula is C80H44N6S2. The Morgan fingerprint density at radius 3 is 1.16 bits per heavy atom. The van der Waals surface area contributed by atoms with Crippen LogP contribution in [0.2, 0.25) is 0 Å². The highest BCUT2D eigenvalue weighted by atomic mass is 32.1. The topological polar surface area (TPSA) is 47.9 Å². The number of rotatable bonds is 6. The zero-order valence-electron chi connectivity index (χ0n) is 46.9. The van der Waals surface area contributed by atoms with Crippen molar-refractivity contribution in [3.63, 3.8) is 0 Å². The number of nitriles is 1. The van der Waals surface area contributed by atoms with E-state index in [2.05, 4.69) is 284 Å². The Morgan fingerprint density at radius 1 is 0.284 bits per heavy atom. The average molecular weight is 1150 g/mol. The molecule has 19 rings (SSSR count). The van der Waals surface area contributed by atoms with E-state index >= 15 is 0 Å². The Morgan fingerprint density at radius 2 is 0.670 bits per heavy atom. The summed E-state index contributed by atoms with van der Waals surface area (Å²) in [6.45, 7) is 9.09. The van der Waals surface area contributed by atoms with Gasteiger partial charge in [-0.05, 0) is 144 Å². The van der Waals surface area contributed by atoms with E-state index in [0.717, 1.165) is 97.7 Å². The van der Waals surface area contributed by atoms with E-state index < -0.39 is 0 Å². The van der Waals surface area contributed by atoms with Crippen LogP contribution in [0.4, 0.5) is 5.69 Å². The second-order valence-corrected chi connectivity index (χ2v) is 25.2. The summed E-state index contributed by atoms with van der Waals surface area (Å²) in [6.07, 6.45) is 0. The molecule has 8 heteroatoms. The molecule has 0 saturated carbocycles. The van der Waals surface area contributed by atoms with Crippen LogP contribution in [0.25, 0.3) is 177 Å². The third kappa shape index (κ3) is 6.95. The largest absolute Gasteiger partial charge is 0.319 e. The van der Waals surface area contributed by atoms with Gasteiger partial charge in [0.05, 0.1) is 67.6 Å². The monoisotopic (exact) mass is 1150 g/mol. The molecular weight excluding hydrogens is 1110 g/mol. The van der Waals surface area contributed by atoms with Crippen LogP contribution in [0.3, 0.4) is 0 Å². The maximum atomic E-state index is 11.6. The highest BCUT2D eigenvalue weighted by Gasteiger charge is 2.25. The second-order valence-electron chi connectivity index (χ2n) is 23.0. The van der Waals surface area contributed by atoms with E-state index in [4.69, 9.17) is 6.57 Å². The Balaban J connectivity index is 0.825. The van der Waals surface area contributed by atoms with E-state index in [-0.39, 0.29) is 0 Å². The standard InChI is InChI=1S/C80H44N6S2/c1-82-66-43-71(85-69-34-30-47(36-60(69)62-41-64-58-22-10-14-26-77(58)87-79(64)44-74(62)85)49-28-32-56-54-20-8-12-24-67(54)83(72(56)38-49)52-16-4-2-5-17-52)51(46-81)40-76(66)86-70-35-31-48(37-61(70)63-42-65-59-23-11-15-27-78(59)88-80(65)45-75(63)86)50-29-33-57-55-21-9-13-25-68(55)84(73(57)39-50)53-18-6-3-7-19-53/h2-45H. The molecule has 0 aliphatic rings. The lowest BCUT2D eigenvalue weighted by Crippen LogP contribution is -2.01. The van der Waals surface area contributed by atoms with Crippen LogP contribution in [0.1, 0.15) is 5.56 Å². The number of para-hydroxylation sites is 4. The van der Waals surface area contributed by atoms with Gasteiger partial charge in [-0.3, -0.25) is 0 Å². The lowest BCUT2D eigenvalue weighted by molar-refractivity contribution is 1.14. The Hall–Kier alpha value is -11.5. The van der Waals surface area contributed by atoms with Gasteiger partial charge in [-0.1, -0.05) is 146 Å². The minimum atomic E-state index is 0.448. The van der Waals surface area contributed by atoms with E-state index in [1.807, 2.05) is 12.1 Å². The summed E-state index contributed by atoms with van der Waals surface area (Å²) in [5.41, 5.74) is 17.3. The summed E-state index contributed by atoms with van der Waals surface area (Å²) in [4.78, 5) is 4.40. The van der Waals surface area contributed by atoms with Gasteiger partial charge in [0.2, 0.25) is 5.69 Å². The average Bonchev–Trinajstić information content (AvgIpc) is 1.83. The van der Waals surface area contributed by atoms with E-state index in [1.54, 1.807) is 22.7 Å². The van der Waals surface area contributed by atoms with Gasteiger partial charge in [-0.2, -0.15) is 5.26 Å². The van der Waals surface area contributed by atoms with Crippen molar-refractivity contribution < 1.29 is 0 Å². The molecule has 88 heavy (non-hydrogen) atoms. The lowest BCUT2D eigenvalue weighted by atomic mass is 10.0. The molecule has 0 unspecified atom stereocenters. The first kappa shape index (κ1) is 48.8. The molecule has 0 spiro atoms. The summed E-state index contributed by atoms with van der Waals surface area (Å²) in [5.74, 6) is 0. The fraction of sp³-hybridized carbons (Fsp3) is 0. The number of aromatic nitrogens is 4. The second kappa shape index (κ2) is 18.5. The van der Waals surface area contributed by atoms with Gasteiger partial charge in [0, 0.05) is 94.8 Å². The van der Waals surface area contributed by atoms with Gasteiger partial charge < -0.3 is 18.3 Å². The van der Waals surface area contributed by atoms with Crippen LogP contribution in [0.15, 0.2) is 267 Å². The predicted molar refractivity (Wildman–Crippen MR) is 371 cm³/mol. The Bertz CT molecular complexity index is 5940. The van der Waals surface area contributed by atoms with Crippen molar-refractivity contribution in [3.05, 3.63) is 284 Å². The Kier molecular flexibility index (Phi) is 10.3. The van der Waals surface area contributed by atoms with Gasteiger partial charge in [0.25, 0.3) is 0 Å². The van der Waals surface area contributed by atoms with Crippen LogP contribution in [0.5, 0.6) is 0 Å². The van der Waals surface area contributed by atoms with Crippen molar-refractivity contribution >= 4 is 156 Å². The molecule has 0 fully saturated rings. The molecule has 0 N–H and O–H groups in total. The summed E-state index contributed by atoms with van der Waals surface area (Å²) in [6, 6.07) is 98.9. The Labute approximate surface area is 511 Å². The van der Waals surface area contributed by atoms with E-state index in [1.165, 1.54) is 63.5 Å². The molecule has 0 saturated heterocycles. The molecule has 0 aliphatic heterocycles. The number of benzene rings is 13. The maximum absolute atomic E-state index is 11.6. The third-order valence-corrected chi connectivity index (χ3v) is 20.7. The SMILES string of the molecule is [C-]#[N+]c1cc(-n2c3ccc(-c4ccc5c6ccccc6n(-c6ccccc6)c5c4)cc3c3cc4c(cc32)sc2ccccc24)c(C#N)cc1-n1c2ccc(-c3ccc4c5ccccc5n(-c5ccccc5)c4c3)cc2c2cc3c(cc21)sc1ccccc13. The molecule has 0 amide bonds. The number of thiophene rings is 2. The molecule has 0 atom stereocenters. The number of fused-ring (bicyclic) bond motifs is 18. The molecule has 6 nitrogen and oxygen atoms in total. The molecule has 0 bridgehead atoms. The summed E-state index contributed by atoms with van der Waals surface area (Å²) in [7, 11) is 0. The van der Waals surface area contributed by atoms with Crippen molar-refractivity contribution in [3.8, 4) is 51.1 Å². The molecule has 13 aromatic carbocycles. The number of hydrogen-bond acceptors (Lipinski definition) is 3. The first-order valence-corrected chi connectivity index (χ1v) is 31.1. The first-order chi connectivity index (χ1) is 43.5. The molecule has 19 aromatic rings. The highest BCUT2D eigenvalue weighted by Crippen LogP contribution is 2.47. The molecule has 406 valence electrons. The third-order valence-electron chi connectivity index (χ3n) is 18.4. The fourth-order valence-electron chi connectivity index (χ4n) is 14.5. The van der Waals surface area contributed by atoms with Gasteiger partial charge in [0.15, 0.2) is 0 Å². The van der Waals surface area contributed by atoms with Crippen molar-refractivity contribution in [2.24, 2.45) is 0 Å². The van der Waals surface area contributed by atoms with Crippen molar-refractivity contribution in [2.75, 3.05) is 0 Å². The van der Waals surface area contributed by atoms with Crippen LogP contribution >= 0.6 is 22.7 Å². The lowest BCUT2D eigenvalue weighted by Gasteiger charge is -2.16. The minimum Gasteiger partial charge on any atom is -0.319 e. The first-order valence-electron chi connectivity index (χ1n) is 29.5. The smallest absolute Gasteiger partial charge is 0.212 e. The minimum absolute atomic E-state index is 0.448. The van der Waals surface area contributed by atoms with Gasteiger partial charge in [-0.25, -0.2) is 4.85 Å². The van der Waals surface area contributed by atoms with Crippen LogP contribution in [0, 0.1) is 17.9 Å². The number of nitrogens with zero attached hydrogens (tertiary/aromatic N) is 6. The molecule has 6 aromatic heterocycles. The quantitative estimate of drug-likeness (QED) is 0.153. The predicted octanol–water partition coefficient (Wildman–Crippen LogP) is 22.6. The van der Waals surface area contributed by atoms with Crippen LogP contribution < -0.4 is 0 Å². The van der Waals surface area contributed by atoms with E-state index in [0.29, 0.717) is 22.6 Å². The summed E-state index contributed by atoms with van der Waals surface area (Å²) < 4.78 is 14.0. The highest BCUT2D eigenvalue weighted by molar-refractivity contribution is 7.26. The van der Waals surface area contributed by atoms with Crippen LogP contribution in [-0.4, -0.2) is 18.3 Å². The maximum Gasteiger partial charge on any atom is 0.212 e. The molecule has 6 heterocycles. The van der Waals surface area contributed by atoms with Gasteiger partial charge in [-0.15, -0.1) is 22.7 Å². The fourth-order valence-corrected chi connectivity index (χ4v) is 16.7. The zero-order chi connectivity index (χ0) is 57.9. The molecule has 0 radical (unpaired) electrons. The van der Waals surface area contributed by atoms with Crippen molar-refractivity contribution in [2.45, 2.75) is 0 Å². The normalized spacial score (nSPS) is 12.1.